The number of esters is 1. The molecule has 0 bridgehead atoms. The molecule has 0 heterocycles. The summed E-state index contributed by atoms with van der Waals surface area (Å²) in [5.41, 5.74) is 0. The summed E-state index contributed by atoms with van der Waals surface area (Å²) in [7, 11) is 0. The molecule has 100 valence electrons. The van der Waals surface area contributed by atoms with Crippen molar-refractivity contribution in [2.75, 3.05) is 13.2 Å². The van der Waals surface area contributed by atoms with Crippen molar-refractivity contribution in [3.05, 3.63) is 0 Å². The molecule has 0 aromatic rings. The Kier molecular flexibility index (Phi) is 7.25. The monoisotopic (exact) mass is 241 g/mol. The van der Waals surface area contributed by atoms with E-state index in [0.29, 0.717) is 6.61 Å². The smallest absolute Gasteiger partial charge is 0.323 e. The highest BCUT2D eigenvalue weighted by atomic mass is 16.5. The van der Waals surface area contributed by atoms with Gasteiger partial charge in [0.15, 0.2) is 0 Å². The Morgan fingerprint density at radius 2 is 2.06 bits per heavy atom. The second-order valence-electron chi connectivity index (χ2n) is 4.99. The predicted octanol–water partition coefficient (Wildman–Crippen LogP) is 2.89. The Morgan fingerprint density at radius 3 is 2.65 bits per heavy atom. The lowest BCUT2D eigenvalue weighted by molar-refractivity contribution is -0.145. The molecular formula is C14H27NO2. The summed E-state index contributed by atoms with van der Waals surface area (Å²) in [5, 5.41) is 3.36. The zero-order valence-corrected chi connectivity index (χ0v) is 11.3. The van der Waals surface area contributed by atoms with Crippen LogP contribution in [0, 0.1) is 5.92 Å². The third kappa shape index (κ3) is 5.53. The first-order chi connectivity index (χ1) is 8.27. The summed E-state index contributed by atoms with van der Waals surface area (Å²) in [5.74, 6) is 0.799. The van der Waals surface area contributed by atoms with Gasteiger partial charge in [-0.1, -0.05) is 39.0 Å². The third-order valence-corrected chi connectivity index (χ3v) is 3.57. The summed E-state index contributed by atoms with van der Waals surface area (Å²) < 4.78 is 5.08. The molecule has 0 aromatic heterocycles. The lowest BCUT2D eigenvalue weighted by Crippen LogP contribution is -2.38. The van der Waals surface area contributed by atoms with Crippen LogP contribution in [0.2, 0.25) is 0 Å². The molecule has 0 spiro atoms. The zero-order chi connectivity index (χ0) is 12.5. The summed E-state index contributed by atoms with van der Waals surface area (Å²) in [6.07, 6.45) is 8.63. The summed E-state index contributed by atoms with van der Waals surface area (Å²) in [6, 6.07) is -0.0960. The highest BCUT2D eigenvalue weighted by Gasteiger charge is 2.19. The van der Waals surface area contributed by atoms with E-state index in [0.717, 1.165) is 25.3 Å². The van der Waals surface area contributed by atoms with Crippen LogP contribution in [0.4, 0.5) is 0 Å². The third-order valence-electron chi connectivity index (χ3n) is 3.57. The topological polar surface area (TPSA) is 38.3 Å². The number of ether oxygens (including phenoxy) is 1. The van der Waals surface area contributed by atoms with E-state index in [9.17, 15) is 4.79 Å². The maximum atomic E-state index is 11.7. The van der Waals surface area contributed by atoms with Gasteiger partial charge in [-0.05, 0) is 32.2 Å². The van der Waals surface area contributed by atoms with Gasteiger partial charge in [-0.3, -0.25) is 4.79 Å². The van der Waals surface area contributed by atoms with Crippen LogP contribution in [0.1, 0.15) is 58.8 Å². The number of hydrogen-bond acceptors (Lipinski definition) is 3. The molecule has 3 heteroatoms. The minimum Gasteiger partial charge on any atom is -0.465 e. The quantitative estimate of drug-likeness (QED) is 0.664. The number of carbonyl (C=O) groups is 1. The fraction of sp³-hybridized carbons (Fsp3) is 0.929. The number of hydrogen-bond donors (Lipinski definition) is 1. The SMILES string of the molecule is CCCC(NCCC1CCCC1)C(=O)OCC. The molecule has 0 amide bonds. The van der Waals surface area contributed by atoms with Crippen LogP contribution >= 0.6 is 0 Å². The predicted molar refractivity (Wildman–Crippen MR) is 69.9 cm³/mol. The van der Waals surface area contributed by atoms with Gasteiger partial charge in [-0.2, -0.15) is 0 Å². The van der Waals surface area contributed by atoms with E-state index < -0.39 is 0 Å². The van der Waals surface area contributed by atoms with Crippen LogP contribution < -0.4 is 5.32 Å². The minimum atomic E-state index is -0.0960. The fourth-order valence-electron chi connectivity index (χ4n) is 2.60. The molecule has 1 unspecified atom stereocenters. The number of nitrogens with one attached hydrogen (secondary N) is 1. The van der Waals surface area contributed by atoms with E-state index in [1.165, 1.54) is 32.1 Å². The molecule has 1 rings (SSSR count). The van der Waals surface area contributed by atoms with Crippen molar-refractivity contribution in [2.24, 2.45) is 5.92 Å². The van der Waals surface area contributed by atoms with E-state index in [-0.39, 0.29) is 12.0 Å². The lowest BCUT2D eigenvalue weighted by atomic mass is 10.0. The molecule has 1 aliphatic rings. The molecule has 1 atom stereocenters. The Morgan fingerprint density at radius 1 is 1.35 bits per heavy atom. The summed E-state index contributed by atoms with van der Waals surface area (Å²) in [6.45, 7) is 5.39. The average Bonchev–Trinajstić information content (AvgIpc) is 2.81. The van der Waals surface area contributed by atoms with Gasteiger partial charge >= 0.3 is 5.97 Å². The van der Waals surface area contributed by atoms with Gasteiger partial charge in [-0.25, -0.2) is 0 Å². The maximum Gasteiger partial charge on any atom is 0.323 e. The molecule has 0 aromatic carbocycles. The average molecular weight is 241 g/mol. The lowest BCUT2D eigenvalue weighted by Gasteiger charge is -2.17. The van der Waals surface area contributed by atoms with Crippen LogP contribution in [-0.4, -0.2) is 25.2 Å². The van der Waals surface area contributed by atoms with Crippen molar-refractivity contribution in [1.29, 1.82) is 0 Å². The normalized spacial score (nSPS) is 18.2. The first kappa shape index (κ1) is 14.5. The Hall–Kier alpha value is -0.570. The van der Waals surface area contributed by atoms with Crippen molar-refractivity contribution in [3.63, 3.8) is 0 Å². The molecular weight excluding hydrogens is 214 g/mol. The summed E-state index contributed by atoms with van der Waals surface area (Å²) >= 11 is 0. The van der Waals surface area contributed by atoms with E-state index in [4.69, 9.17) is 4.74 Å². The van der Waals surface area contributed by atoms with Crippen molar-refractivity contribution in [2.45, 2.75) is 64.8 Å². The van der Waals surface area contributed by atoms with Gasteiger partial charge in [0.25, 0.3) is 0 Å². The van der Waals surface area contributed by atoms with Gasteiger partial charge in [0, 0.05) is 0 Å². The highest BCUT2D eigenvalue weighted by Crippen LogP contribution is 2.26. The molecule has 1 aliphatic carbocycles. The van der Waals surface area contributed by atoms with Gasteiger partial charge < -0.3 is 10.1 Å². The van der Waals surface area contributed by atoms with Crippen molar-refractivity contribution < 1.29 is 9.53 Å². The largest absolute Gasteiger partial charge is 0.465 e. The minimum absolute atomic E-state index is 0.0826. The second-order valence-corrected chi connectivity index (χ2v) is 4.99. The standard InChI is InChI=1S/C14H27NO2/c1-3-7-13(14(16)17-4-2)15-11-10-12-8-5-6-9-12/h12-13,15H,3-11H2,1-2H3. The van der Waals surface area contributed by atoms with Crippen LogP contribution in [0.25, 0.3) is 0 Å². The van der Waals surface area contributed by atoms with Gasteiger partial charge in [0.05, 0.1) is 6.61 Å². The van der Waals surface area contributed by atoms with Gasteiger partial charge in [-0.15, -0.1) is 0 Å². The van der Waals surface area contributed by atoms with E-state index in [1.807, 2.05) is 6.92 Å². The molecule has 3 nitrogen and oxygen atoms in total. The molecule has 1 saturated carbocycles. The van der Waals surface area contributed by atoms with Crippen molar-refractivity contribution in [3.8, 4) is 0 Å². The first-order valence-electron chi connectivity index (χ1n) is 7.18. The van der Waals surface area contributed by atoms with Crippen LogP contribution in [0.15, 0.2) is 0 Å². The number of rotatable bonds is 8. The Balaban J connectivity index is 2.20. The van der Waals surface area contributed by atoms with Crippen LogP contribution in [0.5, 0.6) is 0 Å². The molecule has 17 heavy (non-hydrogen) atoms. The first-order valence-corrected chi connectivity index (χ1v) is 7.18. The van der Waals surface area contributed by atoms with E-state index >= 15 is 0 Å². The van der Waals surface area contributed by atoms with Crippen molar-refractivity contribution in [1.82, 2.24) is 5.32 Å². The fourth-order valence-corrected chi connectivity index (χ4v) is 2.60. The number of carbonyl (C=O) groups excluding carboxylic acids is 1. The molecule has 0 aliphatic heterocycles. The molecule has 0 radical (unpaired) electrons. The van der Waals surface area contributed by atoms with Crippen molar-refractivity contribution >= 4 is 5.97 Å². The van der Waals surface area contributed by atoms with Crippen LogP contribution in [-0.2, 0) is 9.53 Å². The zero-order valence-electron chi connectivity index (χ0n) is 11.3. The molecule has 1 fully saturated rings. The van der Waals surface area contributed by atoms with Gasteiger partial charge in [0.2, 0.25) is 0 Å². The second kappa shape index (κ2) is 8.51. The highest BCUT2D eigenvalue weighted by molar-refractivity contribution is 5.75. The molecule has 1 N–H and O–H groups in total. The maximum absolute atomic E-state index is 11.7. The van der Waals surface area contributed by atoms with Gasteiger partial charge in [0.1, 0.15) is 6.04 Å². The summed E-state index contributed by atoms with van der Waals surface area (Å²) in [4.78, 5) is 11.7. The van der Waals surface area contributed by atoms with Crippen LogP contribution in [0.3, 0.4) is 0 Å². The Bertz CT molecular complexity index is 212. The van der Waals surface area contributed by atoms with E-state index in [2.05, 4.69) is 12.2 Å². The Labute approximate surface area is 105 Å². The van der Waals surface area contributed by atoms with E-state index in [1.54, 1.807) is 0 Å². The molecule has 0 saturated heterocycles.